The van der Waals surface area contributed by atoms with E-state index in [2.05, 4.69) is 29.2 Å². The van der Waals surface area contributed by atoms with Crippen LogP contribution in [-0.2, 0) is 16.1 Å². The third-order valence-electron chi connectivity index (χ3n) is 7.32. The van der Waals surface area contributed by atoms with E-state index in [1.165, 1.54) is 5.56 Å². The Morgan fingerprint density at radius 3 is 2.19 bits per heavy atom. The predicted octanol–water partition coefficient (Wildman–Crippen LogP) is 3.96. The maximum atomic E-state index is 14.2. The number of nitrogens with zero attached hydrogens (tertiary/aromatic N) is 3. The molecule has 2 amide bonds. The SMILES string of the molecule is COCCN1C(=O)c2ccccc2[C@H](C(=O)N2CCN(Cc3ccccc3)CC2)[C@@H]1c1ccccc1. The summed E-state index contributed by atoms with van der Waals surface area (Å²) >= 11 is 0. The molecule has 5 rings (SSSR count). The Bertz CT molecular complexity index is 1180. The van der Waals surface area contributed by atoms with E-state index in [1.54, 1.807) is 7.11 Å². The van der Waals surface area contributed by atoms with Gasteiger partial charge in [0.05, 0.1) is 18.6 Å². The van der Waals surface area contributed by atoms with Gasteiger partial charge in [-0.3, -0.25) is 14.5 Å². The maximum absolute atomic E-state index is 14.2. The van der Waals surface area contributed by atoms with E-state index in [-0.39, 0.29) is 17.9 Å². The predicted molar refractivity (Wildman–Crippen MR) is 140 cm³/mol. The van der Waals surface area contributed by atoms with Gasteiger partial charge in [-0.15, -0.1) is 0 Å². The van der Waals surface area contributed by atoms with Gasteiger partial charge in [-0.2, -0.15) is 0 Å². The van der Waals surface area contributed by atoms with E-state index in [9.17, 15) is 9.59 Å². The van der Waals surface area contributed by atoms with Crippen LogP contribution in [0.2, 0.25) is 0 Å². The van der Waals surface area contributed by atoms with Gasteiger partial charge >= 0.3 is 0 Å². The summed E-state index contributed by atoms with van der Waals surface area (Å²) in [4.78, 5) is 34.1. The number of methoxy groups -OCH3 is 1. The molecule has 1 saturated heterocycles. The molecule has 0 saturated carbocycles. The summed E-state index contributed by atoms with van der Waals surface area (Å²) in [5.41, 5.74) is 3.69. The number of carbonyl (C=O) groups excluding carboxylic acids is 2. The Kier molecular flexibility index (Phi) is 7.44. The average molecular weight is 484 g/mol. The van der Waals surface area contributed by atoms with Gasteiger partial charge in [-0.05, 0) is 22.8 Å². The van der Waals surface area contributed by atoms with Crippen molar-refractivity contribution in [3.05, 3.63) is 107 Å². The number of benzene rings is 3. The summed E-state index contributed by atoms with van der Waals surface area (Å²) in [6, 6.07) is 27.6. The minimum atomic E-state index is -0.459. The molecule has 2 aliphatic rings. The molecular weight excluding hydrogens is 450 g/mol. The van der Waals surface area contributed by atoms with E-state index in [4.69, 9.17) is 4.74 Å². The Labute approximate surface area is 213 Å². The Morgan fingerprint density at radius 1 is 0.861 bits per heavy atom. The lowest BCUT2D eigenvalue weighted by molar-refractivity contribution is -0.136. The van der Waals surface area contributed by atoms with Gasteiger partial charge in [0.1, 0.15) is 0 Å². The summed E-state index contributed by atoms with van der Waals surface area (Å²) in [5.74, 6) is -0.419. The molecule has 2 atom stereocenters. The Balaban J connectivity index is 1.43. The smallest absolute Gasteiger partial charge is 0.254 e. The van der Waals surface area contributed by atoms with Gasteiger partial charge in [0.2, 0.25) is 5.91 Å². The standard InChI is InChI=1S/C30H33N3O3/c1-36-21-20-33-28(24-12-6-3-7-13-24)27(25-14-8-9-15-26(25)29(33)34)30(35)32-18-16-31(17-19-32)22-23-10-4-2-5-11-23/h2-15,27-28H,16-22H2,1H3/t27-,28-/m0/s1. The number of hydrogen-bond donors (Lipinski definition) is 0. The molecular formula is C30H33N3O3. The molecule has 0 aromatic heterocycles. The van der Waals surface area contributed by atoms with E-state index < -0.39 is 5.92 Å². The van der Waals surface area contributed by atoms with Crippen LogP contribution >= 0.6 is 0 Å². The minimum absolute atomic E-state index is 0.0479. The first-order valence-electron chi connectivity index (χ1n) is 12.7. The van der Waals surface area contributed by atoms with Gasteiger partial charge in [0.15, 0.2) is 0 Å². The van der Waals surface area contributed by atoms with Crippen molar-refractivity contribution in [2.45, 2.75) is 18.5 Å². The van der Waals surface area contributed by atoms with Gasteiger partial charge < -0.3 is 14.5 Å². The Hall–Kier alpha value is -3.48. The topological polar surface area (TPSA) is 53.1 Å². The van der Waals surface area contributed by atoms with Crippen molar-refractivity contribution in [1.82, 2.24) is 14.7 Å². The highest BCUT2D eigenvalue weighted by Gasteiger charge is 2.45. The molecule has 3 aromatic carbocycles. The quantitative estimate of drug-likeness (QED) is 0.511. The molecule has 36 heavy (non-hydrogen) atoms. The highest BCUT2D eigenvalue weighted by atomic mass is 16.5. The largest absolute Gasteiger partial charge is 0.383 e. The van der Waals surface area contributed by atoms with Crippen LogP contribution < -0.4 is 0 Å². The number of ether oxygens (including phenoxy) is 1. The van der Waals surface area contributed by atoms with Crippen LogP contribution in [0, 0.1) is 0 Å². The fraction of sp³-hybridized carbons (Fsp3) is 0.333. The van der Waals surface area contributed by atoms with Crippen molar-refractivity contribution >= 4 is 11.8 Å². The van der Waals surface area contributed by atoms with Crippen molar-refractivity contribution in [3.8, 4) is 0 Å². The summed E-state index contributed by atoms with van der Waals surface area (Å²) in [6.07, 6.45) is 0. The molecule has 1 fully saturated rings. The third kappa shape index (κ3) is 4.92. The molecule has 186 valence electrons. The number of hydrogen-bond acceptors (Lipinski definition) is 4. The number of rotatable bonds is 7. The molecule has 3 aromatic rings. The summed E-state index contributed by atoms with van der Waals surface area (Å²) in [7, 11) is 1.64. The van der Waals surface area contributed by atoms with Crippen LogP contribution in [0.15, 0.2) is 84.9 Å². The molecule has 2 heterocycles. The van der Waals surface area contributed by atoms with Gasteiger partial charge in [-0.25, -0.2) is 0 Å². The first-order chi connectivity index (χ1) is 17.7. The minimum Gasteiger partial charge on any atom is -0.383 e. The zero-order chi connectivity index (χ0) is 24.9. The van der Waals surface area contributed by atoms with Crippen molar-refractivity contribution in [1.29, 1.82) is 0 Å². The van der Waals surface area contributed by atoms with E-state index in [0.717, 1.165) is 30.8 Å². The van der Waals surface area contributed by atoms with Gasteiger partial charge in [-0.1, -0.05) is 78.9 Å². The van der Waals surface area contributed by atoms with Crippen molar-refractivity contribution in [3.63, 3.8) is 0 Å². The zero-order valence-electron chi connectivity index (χ0n) is 20.8. The number of piperazine rings is 1. The van der Waals surface area contributed by atoms with E-state index >= 15 is 0 Å². The van der Waals surface area contributed by atoms with Crippen molar-refractivity contribution in [2.24, 2.45) is 0 Å². The van der Waals surface area contributed by atoms with Crippen molar-refractivity contribution in [2.75, 3.05) is 46.4 Å². The van der Waals surface area contributed by atoms with Crippen LogP contribution in [0.5, 0.6) is 0 Å². The lowest BCUT2D eigenvalue weighted by Crippen LogP contribution is -2.53. The molecule has 0 aliphatic carbocycles. The van der Waals surface area contributed by atoms with Crippen LogP contribution in [-0.4, -0.2) is 73.0 Å². The Morgan fingerprint density at radius 2 is 1.50 bits per heavy atom. The lowest BCUT2D eigenvalue weighted by Gasteiger charge is -2.44. The summed E-state index contributed by atoms with van der Waals surface area (Å²) in [6.45, 7) is 4.75. The molecule has 0 bridgehead atoms. The monoisotopic (exact) mass is 483 g/mol. The maximum Gasteiger partial charge on any atom is 0.254 e. The molecule has 6 nitrogen and oxygen atoms in total. The van der Waals surface area contributed by atoms with E-state index in [0.29, 0.717) is 31.8 Å². The summed E-state index contributed by atoms with van der Waals surface area (Å²) in [5, 5.41) is 0. The second-order valence-corrected chi connectivity index (χ2v) is 9.50. The molecule has 6 heteroatoms. The first-order valence-corrected chi connectivity index (χ1v) is 12.7. The highest BCUT2D eigenvalue weighted by Crippen LogP contribution is 2.43. The second kappa shape index (κ2) is 11.1. The number of fused-ring (bicyclic) bond motifs is 1. The summed E-state index contributed by atoms with van der Waals surface area (Å²) < 4.78 is 5.34. The first kappa shape index (κ1) is 24.2. The van der Waals surface area contributed by atoms with E-state index in [1.807, 2.05) is 70.5 Å². The third-order valence-corrected chi connectivity index (χ3v) is 7.32. The second-order valence-electron chi connectivity index (χ2n) is 9.50. The molecule has 0 radical (unpaired) electrons. The van der Waals surface area contributed by atoms with Crippen LogP contribution in [0.3, 0.4) is 0 Å². The normalized spacial score (nSPS) is 20.3. The molecule has 0 unspecified atom stereocenters. The van der Waals surface area contributed by atoms with Gasteiger partial charge in [0.25, 0.3) is 5.91 Å². The van der Waals surface area contributed by atoms with Crippen LogP contribution in [0.4, 0.5) is 0 Å². The van der Waals surface area contributed by atoms with Gasteiger partial charge in [0, 0.05) is 51.9 Å². The fourth-order valence-electron chi connectivity index (χ4n) is 5.48. The zero-order valence-corrected chi connectivity index (χ0v) is 20.8. The molecule has 0 N–H and O–H groups in total. The fourth-order valence-corrected chi connectivity index (χ4v) is 5.48. The number of amides is 2. The van der Waals surface area contributed by atoms with Crippen molar-refractivity contribution < 1.29 is 14.3 Å². The average Bonchev–Trinajstić information content (AvgIpc) is 2.93. The van der Waals surface area contributed by atoms with Crippen LogP contribution in [0.25, 0.3) is 0 Å². The molecule has 0 spiro atoms. The molecule has 2 aliphatic heterocycles. The highest BCUT2D eigenvalue weighted by molar-refractivity contribution is 6.01. The number of carbonyl (C=O) groups is 2. The lowest BCUT2D eigenvalue weighted by atomic mass is 9.78. The van der Waals surface area contributed by atoms with Crippen LogP contribution in [0.1, 0.15) is 39.0 Å².